The minimum absolute atomic E-state index is 0.00566. The van der Waals surface area contributed by atoms with Crippen molar-refractivity contribution >= 4 is 18.0 Å². The first-order chi connectivity index (χ1) is 10.9. The van der Waals surface area contributed by atoms with E-state index in [1.807, 2.05) is 31.2 Å². The molecule has 0 unspecified atom stereocenters. The molecule has 0 bridgehead atoms. The number of carboxylic acid groups (broad SMARTS) is 1. The number of nitrogens with one attached hydrogen (secondary N) is 2. The maximum atomic E-state index is 12.1. The second-order valence-corrected chi connectivity index (χ2v) is 4.95. The summed E-state index contributed by atoms with van der Waals surface area (Å²) in [5.74, 6) is -0.978. The Hall–Kier alpha value is -2.83. The second-order valence-electron chi connectivity index (χ2n) is 4.95. The SMILES string of the molecule is C=CNC(=O)N(CCCC(=O)O)C(=O)NCc1ccc(C)cc1. The highest BCUT2D eigenvalue weighted by Crippen LogP contribution is 2.04. The van der Waals surface area contributed by atoms with Crippen molar-refractivity contribution in [3.63, 3.8) is 0 Å². The second kappa shape index (κ2) is 9.24. The van der Waals surface area contributed by atoms with E-state index >= 15 is 0 Å². The van der Waals surface area contributed by atoms with Crippen LogP contribution in [0.3, 0.4) is 0 Å². The van der Waals surface area contributed by atoms with Crippen LogP contribution in [0.5, 0.6) is 0 Å². The number of hydrogen-bond donors (Lipinski definition) is 3. The van der Waals surface area contributed by atoms with Gasteiger partial charge in [0.15, 0.2) is 0 Å². The highest BCUT2D eigenvalue weighted by molar-refractivity contribution is 5.93. The van der Waals surface area contributed by atoms with E-state index in [1.54, 1.807) is 0 Å². The molecule has 23 heavy (non-hydrogen) atoms. The van der Waals surface area contributed by atoms with Crippen molar-refractivity contribution in [2.45, 2.75) is 26.3 Å². The van der Waals surface area contributed by atoms with Crippen LogP contribution in [-0.4, -0.2) is 34.6 Å². The summed E-state index contributed by atoms with van der Waals surface area (Å²) in [5, 5.41) is 13.6. The number of aliphatic carboxylic acids is 1. The number of aryl methyl sites for hydroxylation is 1. The van der Waals surface area contributed by atoms with Gasteiger partial charge >= 0.3 is 18.0 Å². The minimum atomic E-state index is -0.978. The van der Waals surface area contributed by atoms with Gasteiger partial charge in [0.1, 0.15) is 0 Å². The van der Waals surface area contributed by atoms with Crippen molar-refractivity contribution in [2.24, 2.45) is 0 Å². The lowest BCUT2D eigenvalue weighted by Gasteiger charge is -2.20. The van der Waals surface area contributed by atoms with E-state index in [0.29, 0.717) is 0 Å². The van der Waals surface area contributed by atoms with Crippen LogP contribution >= 0.6 is 0 Å². The van der Waals surface area contributed by atoms with Gasteiger partial charge in [0, 0.05) is 19.5 Å². The smallest absolute Gasteiger partial charge is 0.329 e. The summed E-state index contributed by atoms with van der Waals surface area (Å²) in [6.45, 7) is 5.61. The number of carboxylic acids is 1. The maximum Gasteiger partial charge on any atom is 0.329 e. The Bertz CT molecular complexity index is 569. The van der Waals surface area contributed by atoms with Crippen LogP contribution in [0.2, 0.25) is 0 Å². The van der Waals surface area contributed by atoms with E-state index in [0.717, 1.165) is 16.0 Å². The van der Waals surface area contributed by atoms with Crippen LogP contribution in [0.4, 0.5) is 9.59 Å². The summed E-state index contributed by atoms with van der Waals surface area (Å²) in [5.41, 5.74) is 2.01. The lowest BCUT2D eigenvalue weighted by molar-refractivity contribution is -0.137. The summed E-state index contributed by atoms with van der Waals surface area (Å²) in [7, 11) is 0. The molecule has 1 rings (SSSR count). The van der Waals surface area contributed by atoms with Crippen LogP contribution in [0, 0.1) is 6.92 Å². The first-order valence-electron chi connectivity index (χ1n) is 7.18. The van der Waals surface area contributed by atoms with E-state index in [1.165, 1.54) is 6.20 Å². The van der Waals surface area contributed by atoms with Gasteiger partial charge < -0.3 is 15.7 Å². The lowest BCUT2D eigenvalue weighted by Crippen LogP contribution is -2.47. The third-order valence-corrected chi connectivity index (χ3v) is 3.05. The van der Waals surface area contributed by atoms with E-state index in [2.05, 4.69) is 17.2 Å². The zero-order chi connectivity index (χ0) is 17.2. The van der Waals surface area contributed by atoms with Gasteiger partial charge in [-0.1, -0.05) is 36.4 Å². The van der Waals surface area contributed by atoms with Crippen LogP contribution in [0.25, 0.3) is 0 Å². The first-order valence-corrected chi connectivity index (χ1v) is 7.18. The molecule has 1 aromatic rings. The van der Waals surface area contributed by atoms with Gasteiger partial charge in [-0.15, -0.1) is 0 Å². The Kier molecular flexibility index (Phi) is 7.32. The number of carbonyl (C=O) groups is 3. The third kappa shape index (κ3) is 6.64. The summed E-state index contributed by atoms with van der Waals surface area (Å²) in [6.07, 6.45) is 1.22. The van der Waals surface area contributed by atoms with Crippen molar-refractivity contribution in [1.82, 2.24) is 15.5 Å². The molecule has 0 aliphatic rings. The molecule has 0 atom stereocenters. The normalized spacial score (nSPS) is 9.78. The quantitative estimate of drug-likeness (QED) is 0.717. The first kappa shape index (κ1) is 18.2. The fourth-order valence-electron chi connectivity index (χ4n) is 1.83. The average molecular weight is 319 g/mol. The number of imide groups is 1. The summed E-state index contributed by atoms with van der Waals surface area (Å²) < 4.78 is 0. The van der Waals surface area contributed by atoms with Gasteiger partial charge in [0.25, 0.3) is 0 Å². The number of urea groups is 2. The van der Waals surface area contributed by atoms with Crippen LogP contribution in [-0.2, 0) is 11.3 Å². The Morgan fingerprint density at radius 3 is 2.43 bits per heavy atom. The molecule has 1 aromatic carbocycles. The highest BCUT2D eigenvalue weighted by Gasteiger charge is 2.20. The monoisotopic (exact) mass is 319 g/mol. The Labute approximate surface area is 135 Å². The lowest BCUT2D eigenvalue weighted by atomic mass is 10.1. The molecule has 124 valence electrons. The molecule has 7 heteroatoms. The summed E-state index contributed by atoms with van der Waals surface area (Å²) in [4.78, 5) is 35.5. The molecule has 0 spiro atoms. The van der Waals surface area contributed by atoms with Gasteiger partial charge in [0.2, 0.25) is 0 Å². The molecule has 0 aliphatic carbocycles. The van der Waals surface area contributed by atoms with E-state index < -0.39 is 18.0 Å². The number of carbonyl (C=O) groups excluding carboxylic acids is 2. The van der Waals surface area contributed by atoms with E-state index in [-0.39, 0.29) is 25.9 Å². The number of hydrogen-bond acceptors (Lipinski definition) is 3. The molecule has 3 N–H and O–H groups in total. The Morgan fingerprint density at radius 2 is 1.87 bits per heavy atom. The number of benzene rings is 1. The summed E-state index contributed by atoms with van der Waals surface area (Å²) >= 11 is 0. The van der Waals surface area contributed by atoms with Gasteiger partial charge in [-0.05, 0) is 25.1 Å². The molecule has 4 amide bonds. The maximum absolute atomic E-state index is 12.1. The fraction of sp³-hybridized carbons (Fsp3) is 0.312. The molecule has 0 fully saturated rings. The molecule has 0 aromatic heterocycles. The molecule has 0 saturated heterocycles. The van der Waals surface area contributed by atoms with Crippen molar-refractivity contribution in [3.8, 4) is 0 Å². The van der Waals surface area contributed by atoms with Gasteiger partial charge in [-0.3, -0.25) is 4.79 Å². The van der Waals surface area contributed by atoms with Crippen LogP contribution in [0.15, 0.2) is 37.0 Å². The number of nitrogens with zero attached hydrogens (tertiary/aromatic N) is 1. The number of rotatable bonds is 7. The van der Waals surface area contributed by atoms with Crippen LogP contribution in [0.1, 0.15) is 24.0 Å². The molecule has 0 radical (unpaired) electrons. The van der Waals surface area contributed by atoms with Crippen LogP contribution < -0.4 is 10.6 Å². The Morgan fingerprint density at radius 1 is 1.22 bits per heavy atom. The topological polar surface area (TPSA) is 98.7 Å². The van der Waals surface area contributed by atoms with Gasteiger partial charge in [0.05, 0.1) is 0 Å². The largest absolute Gasteiger partial charge is 0.481 e. The molecule has 0 heterocycles. The van der Waals surface area contributed by atoms with Crippen molar-refractivity contribution in [3.05, 3.63) is 48.2 Å². The predicted molar refractivity (Wildman–Crippen MR) is 85.7 cm³/mol. The van der Waals surface area contributed by atoms with Crippen molar-refractivity contribution in [2.75, 3.05) is 6.54 Å². The Balaban J connectivity index is 2.62. The van der Waals surface area contributed by atoms with Gasteiger partial charge in [-0.2, -0.15) is 0 Å². The van der Waals surface area contributed by atoms with Crippen molar-refractivity contribution in [1.29, 1.82) is 0 Å². The minimum Gasteiger partial charge on any atom is -0.481 e. The summed E-state index contributed by atoms with van der Waals surface area (Å²) in [6, 6.07) is 6.39. The number of amides is 4. The molecule has 7 nitrogen and oxygen atoms in total. The third-order valence-electron chi connectivity index (χ3n) is 3.05. The van der Waals surface area contributed by atoms with Crippen molar-refractivity contribution < 1.29 is 19.5 Å². The molecular weight excluding hydrogens is 298 g/mol. The van der Waals surface area contributed by atoms with E-state index in [9.17, 15) is 14.4 Å². The van der Waals surface area contributed by atoms with Gasteiger partial charge in [-0.25, -0.2) is 14.5 Å². The molecule has 0 saturated carbocycles. The molecular formula is C16H21N3O4. The highest BCUT2D eigenvalue weighted by atomic mass is 16.4. The zero-order valence-electron chi connectivity index (χ0n) is 13.0. The standard InChI is InChI=1S/C16H21N3O4/c1-3-17-15(22)19(10-4-5-14(20)21)16(23)18-11-13-8-6-12(2)7-9-13/h3,6-9H,1,4-5,10-11H2,2H3,(H,17,22)(H,18,23)(H,20,21). The molecule has 0 aliphatic heterocycles. The fourth-order valence-corrected chi connectivity index (χ4v) is 1.83. The zero-order valence-corrected chi connectivity index (χ0v) is 13.0. The van der Waals surface area contributed by atoms with E-state index in [4.69, 9.17) is 5.11 Å². The average Bonchev–Trinajstić information content (AvgIpc) is 2.50. The predicted octanol–water partition coefficient (Wildman–Crippen LogP) is 2.22.